The van der Waals surface area contributed by atoms with Crippen LogP contribution in [0.25, 0.3) is 0 Å². The SMILES string of the molecule is CCCCn1nc(C(=O)NCCOCC(=O)O)ccc1=O. The number of hydrogen-bond donors (Lipinski definition) is 2. The number of aryl methyl sites for hydroxylation is 1. The van der Waals surface area contributed by atoms with Gasteiger partial charge in [-0.05, 0) is 12.5 Å². The number of carbonyl (C=O) groups is 2. The number of aliphatic carboxylic acids is 1. The maximum atomic E-state index is 11.8. The summed E-state index contributed by atoms with van der Waals surface area (Å²) in [4.78, 5) is 33.6. The lowest BCUT2D eigenvalue weighted by Crippen LogP contribution is -2.31. The first-order chi connectivity index (χ1) is 10.0. The second-order valence-electron chi connectivity index (χ2n) is 4.34. The summed E-state index contributed by atoms with van der Waals surface area (Å²) in [6.45, 7) is 2.32. The van der Waals surface area contributed by atoms with Gasteiger partial charge in [-0.2, -0.15) is 5.10 Å². The summed E-state index contributed by atoms with van der Waals surface area (Å²) >= 11 is 0. The quantitative estimate of drug-likeness (QED) is 0.614. The maximum absolute atomic E-state index is 11.8. The van der Waals surface area contributed by atoms with E-state index in [0.29, 0.717) is 6.54 Å². The van der Waals surface area contributed by atoms with Gasteiger partial charge in [-0.15, -0.1) is 0 Å². The molecule has 1 aromatic rings. The van der Waals surface area contributed by atoms with Crippen LogP contribution in [0.4, 0.5) is 0 Å². The summed E-state index contributed by atoms with van der Waals surface area (Å²) < 4.78 is 6.05. The zero-order chi connectivity index (χ0) is 15.7. The summed E-state index contributed by atoms with van der Waals surface area (Å²) in [5, 5.41) is 14.9. The fourth-order valence-electron chi connectivity index (χ4n) is 1.52. The second kappa shape index (κ2) is 8.85. The lowest BCUT2D eigenvalue weighted by molar-refractivity contribution is -0.142. The van der Waals surface area contributed by atoms with E-state index in [1.165, 1.54) is 16.8 Å². The van der Waals surface area contributed by atoms with Crippen LogP contribution in [-0.2, 0) is 16.1 Å². The molecule has 1 aromatic heterocycles. The molecule has 0 spiro atoms. The van der Waals surface area contributed by atoms with Crippen molar-refractivity contribution < 1.29 is 19.4 Å². The highest BCUT2D eigenvalue weighted by molar-refractivity contribution is 5.91. The Hall–Kier alpha value is -2.22. The van der Waals surface area contributed by atoms with Crippen LogP contribution in [0.1, 0.15) is 30.3 Å². The summed E-state index contributed by atoms with van der Waals surface area (Å²) in [5.41, 5.74) is -0.103. The molecule has 0 radical (unpaired) electrons. The summed E-state index contributed by atoms with van der Waals surface area (Å²) in [6, 6.07) is 2.66. The molecule has 0 saturated carbocycles. The predicted octanol–water partition coefficient (Wildman–Crippen LogP) is -0.126. The Bertz CT molecular complexity index is 541. The number of ether oxygens (including phenoxy) is 1. The first-order valence-corrected chi connectivity index (χ1v) is 6.70. The molecule has 0 atom stereocenters. The van der Waals surface area contributed by atoms with Crippen molar-refractivity contribution in [3.05, 3.63) is 28.2 Å². The molecular weight excluding hydrogens is 278 g/mol. The number of hydrogen-bond acceptors (Lipinski definition) is 5. The number of unbranched alkanes of at least 4 members (excludes halogenated alkanes) is 1. The molecule has 0 aromatic carbocycles. The number of aromatic nitrogens is 2. The van der Waals surface area contributed by atoms with E-state index >= 15 is 0 Å². The Labute approximate surface area is 121 Å². The first kappa shape index (κ1) is 16.8. The minimum absolute atomic E-state index is 0.0908. The van der Waals surface area contributed by atoms with Gasteiger partial charge in [-0.3, -0.25) is 9.59 Å². The number of carbonyl (C=O) groups excluding carboxylic acids is 1. The lowest BCUT2D eigenvalue weighted by Gasteiger charge is -2.07. The van der Waals surface area contributed by atoms with Crippen molar-refractivity contribution in [3.8, 4) is 0 Å². The maximum Gasteiger partial charge on any atom is 0.329 e. The lowest BCUT2D eigenvalue weighted by atomic mass is 10.3. The Morgan fingerprint density at radius 2 is 2.19 bits per heavy atom. The van der Waals surface area contributed by atoms with Gasteiger partial charge >= 0.3 is 5.97 Å². The Kier molecular flexibility index (Phi) is 7.10. The molecule has 1 heterocycles. The van der Waals surface area contributed by atoms with Gasteiger partial charge in [0.15, 0.2) is 0 Å². The van der Waals surface area contributed by atoms with Crippen LogP contribution in [-0.4, -0.2) is 46.5 Å². The molecule has 8 nitrogen and oxygen atoms in total. The fourth-order valence-corrected chi connectivity index (χ4v) is 1.52. The molecule has 21 heavy (non-hydrogen) atoms. The number of amides is 1. The van der Waals surface area contributed by atoms with Gasteiger partial charge in [-0.25, -0.2) is 9.48 Å². The molecule has 8 heteroatoms. The van der Waals surface area contributed by atoms with Crippen molar-refractivity contribution in [1.29, 1.82) is 0 Å². The Morgan fingerprint density at radius 3 is 2.86 bits per heavy atom. The molecule has 116 valence electrons. The standard InChI is InChI=1S/C13H19N3O5/c1-2-3-7-16-11(17)5-4-10(15-16)13(20)14-6-8-21-9-12(18)19/h4-5H,2-3,6-9H2,1H3,(H,14,20)(H,18,19). The van der Waals surface area contributed by atoms with E-state index < -0.39 is 18.5 Å². The zero-order valence-corrected chi connectivity index (χ0v) is 11.9. The summed E-state index contributed by atoms with van der Waals surface area (Å²) in [5.74, 6) is -1.50. The van der Waals surface area contributed by atoms with Crippen LogP contribution in [0.3, 0.4) is 0 Å². The van der Waals surface area contributed by atoms with Crippen molar-refractivity contribution in [1.82, 2.24) is 15.1 Å². The van der Waals surface area contributed by atoms with Crippen molar-refractivity contribution in [2.75, 3.05) is 19.8 Å². The third kappa shape index (κ3) is 6.17. The normalized spacial score (nSPS) is 10.3. The van der Waals surface area contributed by atoms with Crippen LogP contribution in [0, 0.1) is 0 Å². The van der Waals surface area contributed by atoms with Crippen LogP contribution in [0.5, 0.6) is 0 Å². The molecule has 0 aliphatic rings. The summed E-state index contributed by atoms with van der Waals surface area (Å²) in [6.07, 6.45) is 1.73. The molecule has 0 fully saturated rings. The third-order valence-electron chi connectivity index (χ3n) is 2.58. The molecule has 1 amide bonds. The second-order valence-corrected chi connectivity index (χ2v) is 4.34. The molecule has 1 rings (SSSR count). The van der Waals surface area contributed by atoms with E-state index in [2.05, 4.69) is 10.4 Å². The fraction of sp³-hybridized carbons (Fsp3) is 0.538. The van der Waals surface area contributed by atoms with E-state index in [1.807, 2.05) is 6.92 Å². The smallest absolute Gasteiger partial charge is 0.329 e. The van der Waals surface area contributed by atoms with Gasteiger partial charge < -0.3 is 15.2 Å². The highest BCUT2D eigenvalue weighted by Crippen LogP contribution is 1.94. The number of carboxylic acid groups (broad SMARTS) is 1. The topological polar surface area (TPSA) is 111 Å². The Morgan fingerprint density at radius 1 is 1.43 bits per heavy atom. The monoisotopic (exact) mass is 297 g/mol. The van der Waals surface area contributed by atoms with Gasteiger partial charge in [0.2, 0.25) is 0 Å². The van der Waals surface area contributed by atoms with Gasteiger partial charge in [0.05, 0.1) is 6.61 Å². The van der Waals surface area contributed by atoms with Gasteiger partial charge in [-0.1, -0.05) is 13.3 Å². The molecule has 2 N–H and O–H groups in total. The first-order valence-electron chi connectivity index (χ1n) is 6.70. The van der Waals surface area contributed by atoms with Crippen molar-refractivity contribution >= 4 is 11.9 Å². The third-order valence-corrected chi connectivity index (χ3v) is 2.58. The number of nitrogens with one attached hydrogen (secondary N) is 1. The molecule has 0 bridgehead atoms. The van der Waals surface area contributed by atoms with Crippen LogP contribution >= 0.6 is 0 Å². The number of nitrogens with zero attached hydrogens (tertiary/aromatic N) is 2. The molecular formula is C13H19N3O5. The molecule has 0 aliphatic carbocycles. The average molecular weight is 297 g/mol. The van der Waals surface area contributed by atoms with Crippen molar-refractivity contribution in [2.24, 2.45) is 0 Å². The molecule has 0 aliphatic heterocycles. The van der Waals surface area contributed by atoms with Gasteiger partial charge in [0.1, 0.15) is 12.3 Å². The molecule has 0 unspecified atom stereocenters. The largest absolute Gasteiger partial charge is 0.480 e. The zero-order valence-electron chi connectivity index (χ0n) is 11.9. The van der Waals surface area contributed by atoms with Gasteiger partial charge in [0, 0.05) is 19.2 Å². The van der Waals surface area contributed by atoms with E-state index in [-0.39, 0.29) is 24.4 Å². The minimum Gasteiger partial charge on any atom is -0.480 e. The van der Waals surface area contributed by atoms with Crippen molar-refractivity contribution in [2.45, 2.75) is 26.3 Å². The summed E-state index contributed by atoms with van der Waals surface area (Å²) in [7, 11) is 0. The average Bonchev–Trinajstić information content (AvgIpc) is 2.45. The van der Waals surface area contributed by atoms with E-state index in [0.717, 1.165) is 12.8 Å². The van der Waals surface area contributed by atoms with Crippen LogP contribution < -0.4 is 10.9 Å². The van der Waals surface area contributed by atoms with Crippen molar-refractivity contribution in [3.63, 3.8) is 0 Å². The van der Waals surface area contributed by atoms with Gasteiger partial charge in [0.25, 0.3) is 11.5 Å². The van der Waals surface area contributed by atoms with E-state index in [9.17, 15) is 14.4 Å². The Balaban J connectivity index is 2.50. The van der Waals surface area contributed by atoms with Crippen LogP contribution in [0.2, 0.25) is 0 Å². The number of carboxylic acids is 1. The number of rotatable bonds is 9. The van der Waals surface area contributed by atoms with Crippen LogP contribution in [0.15, 0.2) is 16.9 Å². The predicted molar refractivity (Wildman–Crippen MR) is 74.2 cm³/mol. The molecule has 0 saturated heterocycles. The minimum atomic E-state index is -1.06. The highest BCUT2D eigenvalue weighted by Gasteiger charge is 2.09. The van der Waals surface area contributed by atoms with E-state index in [1.54, 1.807) is 0 Å². The highest BCUT2D eigenvalue weighted by atomic mass is 16.5. The van der Waals surface area contributed by atoms with E-state index in [4.69, 9.17) is 9.84 Å².